The van der Waals surface area contributed by atoms with Crippen molar-refractivity contribution >= 4 is 34.5 Å². The Morgan fingerprint density at radius 2 is 2.12 bits per heavy atom. The minimum atomic E-state index is -0.917. The third kappa shape index (κ3) is 3.80. The van der Waals surface area contributed by atoms with Crippen molar-refractivity contribution in [1.29, 1.82) is 0 Å². The Kier molecular flexibility index (Phi) is 4.72. The van der Waals surface area contributed by atoms with Crippen LogP contribution in [0.25, 0.3) is 0 Å². The molecule has 0 aliphatic heterocycles. The normalized spacial score (nSPS) is 9.88. The van der Waals surface area contributed by atoms with Gasteiger partial charge in [0.2, 0.25) is 0 Å². The molecule has 0 spiro atoms. The Morgan fingerprint density at radius 3 is 2.75 bits per heavy atom. The first-order valence-electron chi connectivity index (χ1n) is 4.77. The molecule has 86 valence electrons. The molecule has 0 fully saturated rings. The lowest BCUT2D eigenvalue weighted by molar-refractivity contribution is -0.136. The lowest BCUT2D eigenvalue weighted by Gasteiger charge is -2.06. The van der Waals surface area contributed by atoms with Crippen LogP contribution in [0.3, 0.4) is 0 Å². The molecule has 0 aromatic heterocycles. The number of hydrogen-bond donors (Lipinski definition) is 2. The fraction of sp³-hybridized carbons (Fsp3) is 0.273. The highest BCUT2D eigenvalue weighted by atomic mass is 127. The van der Waals surface area contributed by atoms with E-state index >= 15 is 0 Å². The number of aryl methyl sites for hydroxylation is 1. The van der Waals surface area contributed by atoms with Crippen LogP contribution >= 0.6 is 22.6 Å². The highest BCUT2D eigenvalue weighted by molar-refractivity contribution is 14.1. The van der Waals surface area contributed by atoms with E-state index in [-0.39, 0.29) is 18.9 Å². The molecule has 0 aliphatic rings. The van der Waals surface area contributed by atoms with Crippen molar-refractivity contribution in [1.82, 2.24) is 5.32 Å². The van der Waals surface area contributed by atoms with Crippen LogP contribution in [0.2, 0.25) is 0 Å². The van der Waals surface area contributed by atoms with E-state index in [1.165, 1.54) is 0 Å². The number of amides is 1. The van der Waals surface area contributed by atoms with E-state index < -0.39 is 5.97 Å². The minimum absolute atomic E-state index is 0.0614. The number of carbonyl (C=O) groups excluding carboxylic acids is 1. The number of carboxylic acid groups (broad SMARTS) is 1. The molecule has 5 heteroatoms. The van der Waals surface area contributed by atoms with E-state index in [4.69, 9.17) is 5.11 Å². The lowest BCUT2D eigenvalue weighted by Crippen LogP contribution is -2.26. The maximum Gasteiger partial charge on any atom is 0.305 e. The quantitative estimate of drug-likeness (QED) is 0.826. The zero-order chi connectivity index (χ0) is 12.1. The standard InChI is InChI=1S/C11H12INO3/c1-7-2-3-9(12)8(6-7)11(16)13-5-4-10(14)15/h2-3,6H,4-5H2,1H3,(H,13,16)(H,14,15). The van der Waals surface area contributed by atoms with Gasteiger partial charge in [0.1, 0.15) is 0 Å². The van der Waals surface area contributed by atoms with Crippen molar-refractivity contribution in [3.05, 3.63) is 32.9 Å². The van der Waals surface area contributed by atoms with Gasteiger partial charge in [-0.2, -0.15) is 0 Å². The second kappa shape index (κ2) is 5.83. The molecule has 1 aromatic rings. The Morgan fingerprint density at radius 1 is 1.44 bits per heavy atom. The fourth-order valence-corrected chi connectivity index (χ4v) is 1.77. The first-order valence-corrected chi connectivity index (χ1v) is 5.84. The largest absolute Gasteiger partial charge is 0.481 e. The van der Waals surface area contributed by atoms with Crippen molar-refractivity contribution < 1.29 is 14.7 Å². The van der Waals surface area contributed by atoms with Crippen molar-refractivity contribution in [2.75, 3.05) is 6.54 Å². The molecule has 1 rings (SSSR count). The summed E-state index contributed by atoms with van der Waals surface area (Å²) in [7, 11) is 0. The van der Waals surface area contributed by atoms with Gasteiger partial charge in [-0.1, -0.05) is 11.6 Å². The zero-order valence-electron chi connectivity index (χ0n) is 8.79. The molecule has 0 heterocycles. The molecule has 16 heavy (non-hydrogen) atoms. The summed E-state index contributed by atoms with van der Waals surface area (Å²) in [6.45, 7) is 2.06. The first kappa shape index (κ1) is 13.0. The van der Waals surface area contributed by atoms with Gasteiger partial charge in [0.15, 0.2) is 0 Å². The van der Waals surface area contributed by atoms with Crippen LogP contribution in [-0.2, 0) is 4.79 Å². The number of halogens is 1. The Balaban J connectivity index is 2.65. The summed E-state index contributed by atoms with van der Waals surface area (Å²) >= 11 is 2.08. The molecule has 0 aliphatic carbocycles. The van der Waals surface area contributed by atoms with Crippen molar-refractivity contribution in [3.8, 4) is 0 Å². The third-order valence-electron chi connectivity index (χ3n) is 1.99. The Hall–Kier alpha value is -1.11. The number of carbonyl (C=O) groups is 2. The van der Waals surface area contributed by atoms with Crippen molar-refractivity contribution in [2.45, 2.75) is 13.3 Å². The van der Waals surface area contributed by atoms with Crippen molar-refractivity contribution in [2.24, 2.45) is 0 Å². The van der Waals surface area contributed by atoms with E-state index in [1.54, 1.807) is 6.07 Å². The van der Waals surface area contributed by atoms with E-state index in [0.29, 0.717) is 5.56 Å². The summed E-state index contributed by atoms with van der Waals surface area (Å²) in [5, 5.41) is 11.0. The molecule has 0 bridgehead atoms. The minimum Gasteiger partial charge on any atom is -0.481 e. The molecule has 2 N–H and O–H groups in total. The van der Waals surface area contributed by atoms with E-state index in [0.717, 1.165) is 9.13 Å². The maximum absolute atomic E-state index is 11.7. The average molecular weight is 333 g/mol. The maximum atomic E-state index is 11.7. The summed E-state index contributed by atoms with van der Waals surface area (Å²) in [5.41, 5.74) is 1.59. The van der Waals surface area contributed by atoms with E-state index in [9.17, 15) is 9.59 Å². The summed E-state index contributed by atoms with van der Waals surface area (Å²) in [6, 6.07) is 5.58. The number of benzene rings is 1. The number of rotatable bonds is 4. The molecule has 0 saturated carbocycles. The molecule has 0 saturated heterocycles. The van der Waals surface area contributed by atoms with Gasteiger partial charge in [0, 0.05) is 10.1 Å². The molecule has 0 atom stereocenters. The summed E-state index contributed by atoms with van der Waals surface area (Å²) in [6.07, 6.45) is -0.0614. The lowest BCUT2D eigenvalue weighted by atomic mass is 10.1. The molecular formula is C11H12INO3. The van der Waals surface area contributed by atoms with Gasteiger partial charge in [-0.25, -0.2) is 0 Å². The van der Waals surface area contributed by atoms with Gasteiger partial charge in [-0.15, -0.1) is 0 Å². The number of carboxylic acids is 1. The second-order valence-corrected chi connectivity index (χ2v) is 4.55. The van der Waals surface area contributed by atoms with Crippen LogP contribution in [0.4, 0.5) is 0 Å². The van der Waals surface area contributed by atoms with E-state index in [2.05, 4.69) is 27.9 Å². The summed E-state index contributed by atoms with van der Waals surface area (Å²) in [5.74, 6) is -1.14. The molecule has 4 nitrogen and oxygen atoms in total. The summed E-state index contributed by atoms with van der Waals surface area (Å²) < 4.78 is 0.857. The third-order valence-corrected chi connectivity index (χ3v) is 2.93. The smallest absolute Gasteiger partial charge is 0.305 e. The van der Waals surface area contributed by atoms with Gasteiger partial charge < -0.3 is 10.4 Å². The van der Waals surface area contributed by atoms with Gasteiger partial charge in [-0.05, 0) is 41.6 Å². The molecule has 1 amide bonds. The Labute approximate surface area is 107 Å². The second-order valence-electron chi connectivity index (χ2n) is 3.38. The van der Waals surface area contributed by atoms with Crippen LogP contribution < -0.4 is 5.32 Å². The van der Waals surface area contributed by atoms with Crippen LogP contribution in [0.15, 0.2) is 18.2 Å². The first-order chi connectivity index (χ1) is 7.50. The fourth-order valence-electron chi connectivity index (χ4n) is 1.19. The van der Waals surface area contributed by atoms with Crippen LogP contribution in [-0.4, -0.2) is 23.5 Å². The Bertz CT molecular complexity index is 418. The monoisotopic (exact) mass is 333 g/mol. The number of nitrogens with one attached hydrogen (secondary N) is 1. The highest BCUT2D eigenvalue weighted by Gasteiger charge is 2.09. The molecule has 1 aromatic carbocycles. The predicted molar refractivity (Wildman–Crippen MR) is 68.5 cm³/mol. The average Bonchev–Trinajstić information content (AvgIpc) is 2.21. The summed E-state index contributed by atoms with van der Waals surface area (Å²) in [4.78, 5) is 22.0. The van der Waals surface area contributed by atoms with Gasteiger partial charge in [-0.3, -0.25) is 9.59 Å². The number of hydrogen-bond acceptors (Lipinski definition) is 2. The SMILES string of the molecule is Cc1ccc(I)c(C(=O)NCCC(=O)O)c1. The van der Waals surface area contributed by atoms with Crippen LogP contribution in [0.1, 0.15) is 22.3 Å². The zero-order valence-corrected chi connectivity index (χ0v) is 10.9. The molecule has 0 radical (unpaired) electrons. The van der Waals surface area contributed by atoms with Crippen LogP contribution in [0, 0.1) is 10.5 Å². The molecule has 0 unspecified atom stereocenters. The molecular weight excluding hydrogens is 321 g/mol. The van der Waals surface area contributed by atoms with Gasteiger partial charge >= 0.3 is 5.97 Å². The topological polar surface area (TPSA) is 66.4 Å². The highest BCUT2D eigenvalue weighted by Crippen LogP contribution is 2.13. The van der Waals surface area contributed by atoms with E-state index in [1.807, 2.05) is 19.1 Å². The van der Waals surface area contributed by atoms with Crippen LogP contribution in [0.5, 0.6) is 0 Å². The van der Waals surface area contributed by atoms with Crippen molar-refractivity contribution in [3.63, 3.8) is 0 Å². The number of aliphatic carboxylic acids is 1. The van der Waals surface area contributed by atoms with Gasteiger partial charge in [0.05, 0.1) is 12.0 Å². The predicted octanol–water partition coefficient (Wildman–Crippen LogP) is 1.80. The van der Waals surface area contributed by atoms with Gasteiger partial charge in [0.25, 0.3) is 5.91 Å².